The Morgan fingerprint density at radius 1 is 1.10 bits per heavy atom. The molecule has 1 heteroatoms. The molecular weight excluding hydrogens is 122 g/mol. The number of rotatable bonds is 4. The minimum Gasteiger partial charge on any atom is -0.331 e. The maximum atomic E-state index is 2.27. The molecule has 0 saturated carbocycles. The van der Waals surface area contributed by atoms with Crippen LogP contribution < -0.4 is 0 Å². The predicted octanol–water partition coefficient (Wildman–Crippen LogP) is 2.05. The molecule has 0 bridgehead atoms. The highest BCUT2D eigenvalue weighted by atomic mass is 15.3. The van der Waals surface area contributed by atoms with E-state index < -0.39 is 0 Å². The first-order valence-electron chi connectivity index (χ1n) is 4.01. The topological polar surface area (TPSA) is 0 Å². The highest BCUT2D eigenvalue weighted by Crippen LogP contribution is 1.94. The highest BCUT2D eigenvalue weighted by Gasteiger charge is 2.02. The van der Waals surface area contributed by atoms with Crippen LogP contribution in [0.25, 0.3) is 0 Å². The number of nitrogens with zero attached hydrogens (tertiary/aromatic N) is 1. The predicted molar refractivity (Wildman–Crippen MR) is 46.9 cm³/mol. The van der Waals surface area contributed by atoms with Gasteiger partial charge in [0.1, 0.15) is 0 Å². The first-order chi connectivity index (χ1) is 4.56. The van der Waals surface area contributed by atoms with E-state index in [0.717, 1.165) is 10.9 Å². The smallest absolute Gasteiger partial charge is 0.0815 e. The molecule has 10 heavy (non-hydrogen) atoms. The SMILES string of the molecule is CCC=CCC[N+](C)(C)C. The first-order valence-corrected chi connectivity index (χ1v) is 4.01. The normalized spacial score (nSPS) is 12.8. The summed E-state index contributed by atoms with van der Waals surface area (Å²) >= 11 is 0. The summed E-state index contributed by atoms with van der Waals surface area (Å²) in [5, 5.41) is 0. The molecule has 0 aromatic carbocycles. The van der Waals surface area contributed by atoms with E-state index in [4.69, 9.17) is 0 Å². The second-order valence-corrected chi connectivity index (χ2v) is 3.68. The Morgan fingerprint density at radius 3 is 2.10 bits per heavy atom. The Kier molecular flexibility index (Phi) is 4.37. The lowest BCUT2D eigenvalue weighted by Gasteiger charge is -2.22. The molecule has 0 spiro atoms. The van der Waals surface area contributed by atoms with Crippen molar-refractivity contribution >= 4 is 0 Å². The van der Waals surface area contributed by atoms with Gasteiger partial charge in [-0.05, 0) is 6.42 Å². The molecule has 0 aliphatic heterocycles. The van der Waals surface area contributed by atoms with Crippen LogP contribution in [0.5, 0.6) is 0 Å². The zero-order chi connectivity index (χ0) is 8.04. The molecule has 0 aromatic heterocycles. The minimum atomic E-state index is 1.06. The third-order valence-electron chi connectivity index (χ3n) is 1.37. The van der Waals surface area contributed by atoms with Crippen LogP contribution in [-0.4, -0.2) is 32.2 Å². The van der Waals surface area contributed by atoms with Crippen LogP contribution in [0.15, 0.2) is 12.2 Å². The summed E-state index contributed by atoms with van der Waals surface area (Å²) in [5.41, 5.74) is 0. The highest BCUT2D eigenvalue weighted by molar-refractivity contribution is 4.79. The third-order valence-corrected chi connectivity index (χ3v) is 1.37. The Hall–Kier alpha value is -0.300. The van der Waals surface area contributed by atoms with Gasteiger partial charge in [0.2, 0.25) is 0 Å². The minimum absolute atomic E-state index is 1.06. The summed E-state index contributed by atoms with van der Waals surface area (Å²) in [6.45, 7) is 3.40. The largest absolute Gasteiger partial charge is 0.331 e. The third kappa shape index (κ3) is 7.70. The van der Waals surface area contributed by atoms with Crippen LogP contribution in [0.2, 0.25) is 0 Å². The van der Waals surface area contributed by atoms with Gasteiger partial charge in [-0.15, -0.1) is 0 Å². The van der Waals surface area contributed by atoms with E-state index in [1.165, 1.54) is 13.0 Å². The molecule has 0 aliphatic carbocycles. The van der Waals surface area contributed by atoms with Crippen molar-refractivity contribution in [3.8, 4) is 0 Å². The van der Waals surface area contributed by atoms with Gasteiger partial charge in [-0.3, -0.25) is 0 Å². The molecule has 1 nitrogen and oxygen atoms in total. The summed E-state index contributed by atoms with van der Waals surface area (Å²) in [5.74, 6) is 0. The number of allylic oxidation sites excluding steroid dienone is 1. The second kappa shape index (κ2) is 4.51. The zero-order valence-corrected chi connectivity index (χ0v) is 7.72. The molecule has 0 fully saturated rings. The average molecular weight is 142 g/mol. The summed E-state index contributed by atoms with van der Waals surface area (Å²) < 4.78 is 1.06. The van der Waals surface area contributed by atoms with Crippen LogP contribution in [0.3, 0.4) is 0 Å². The summed E-state index contributed by atoms with van der Waals surface area (Å²) in [6, 6.07) is 0. The second-order valence-electron chi connectivity index (χ2n) is 3.68. The summed E-state index contributed by atoms with van der Waals surface area (Å²) in [7, 11) is 6.67. The molecule has 0 aromatic rings. The van der Waals surface area contributed by atoms with E-state index in [-0.39, 0.29) is 0 Å². The van der Waals surface area contributed by atoms with Gasteiger partial charge in [0, 0.05) is 6.42 Å². The quantitative estimate of drug-likeness (QED) is 0.416. The molecule has 0 aliphatic rings. The lowest BCUT2D eigenvalue weighted by Crippen LogP contribution is -2.34. The number of quaternary nitrogens is 1. The van der Waals surface area contributed by atoms with Crippen molar-refractivity contribution in [2.45, 2.75) is 19.8 Å². The molecule has 60 valence electrons. The molecule has 0 unspecified atom stereocenters. The fraction of sp³-hybridized carbons (Fsp3) is 0.778. The zero-order valence-electron chi connectivity index (χ0n) is 7.72. The van der Waals surface area contributed by atoms with Crippen molar-refractivity contribution in [3.63, 3.8) is 0 Å². The first kappa shape index (κ1) is 9.70. The van der Waals surface area contributed by atoms with E-state index in [9.17, 15) is 0 Å². The molecule has 0 saturated heterocycles. The van der Waals surface area contributed by atoms with Crippen molar-refractivity contribution < 1.29 is 4.48 Å². The van der Waals surface area contributed by atoms with Crippen molar-refractivity contribution in [1.29, 1.82) is 0 Å². The van der Waals surface area contributed by atoms with Crippen molar-refractivity contribution in [3.05, 3.63) is 12.2 Å². The Bertz CT molecular complexity index is 97.8. The molecule has 0 atom stereocenters. The van der Waals surface area contributed by atoms with Gasteiger partial charge >= 0.3 is 0 Å². The van der Waals surface area contributed by atoms with Crippen molar-refractivity contribution in [1.82, 2.24) is 0 Å². The van der Waals surface area contributed by atoms with Crippen LogP contribution >= 0.6 is 0 Å². The molecular formula is C9H20N+. The molecule has 0 heterocycles. The fourth-order valence-corrected chi connectivity index (χ4v) is 0.746. The Morgan fingerprint density at radius 2 is 1.70 bits per heavy atom. The van der Waals surface area contributed by atoms with Crippen LogP contribution in [0.1, 0.15) is 19.8 Å². The van der Waals surface area contributed by atoms with Crippen LogP contribution in [-0.2, 0) is 0 Å². The van der Waals surface area contributed by atoms with Crippen LogP contribution in [0, 0.1) is 0 Å². The summed E-state index contributed by atoms with van der Waals surface area (Å²) in [4.78, 5) is 0. The van der Waals surface area contributed by atoms with Gasteiger partial charge in [0.25, 0.3) is 0 Å². The monoisotopic (exact) mass is 142 g/mol. The van der Waals surface area contributed by atoms with E-state index in [2.05, 4.69) is 40.2 Å². The van der Waals surface area contributed by atoms with Gasteiger partial charge in [-0.2, -0.15) is 0 Å². The van der Waals surface area contributed by atoms with Gasteiger partial charge in [0.05, 0.1) is 27.7 Å². The lowest BCUT2D eigenvalue weighted by atomic mass is 10.3. The van der Waals surface area contributed by atoms with E-state index >= 15 is 0 Å². The van der Waals surface area contributed by atoms with Gasteiger partial charge in [-0.1, -0.05) is 19.1 Å². The van der Waals surface area contributed by atoms with E-state index in [1.807, 2.05) is 0 Å². The van der Waals surface area contributed by atoms with Gasteiger partial charge < -0.3 is 4.48 Å². The molecule has 0 N–H and O–H groups in total. The van der Waals surface area contributed by atoms with Crippen LogP contribution in [0.4, 0.5) is 0 Å². The lowest BCUT2D eigenvalue weighted by molar-refractivity contribution is -0.869. The standard InChI is InChI=1S/C9H20N/c1-5-6-7-8-9-10(2,3)4/h6-7H,5,8-9H2,1-4H3/q+1. The maximum Gasteiger partial charge on any atom is 0.0815 e. The maximum absolute atomic E-state index is 2.27. The number of hydrogen-bond donors (Lipinski definition) is 0. The summed E-state index contributed by atoms with van der Waals surface area (Å²) in [6.07, 6.45) is 6.87. The van der Waals surface area contributed by atoms with Gasteiger partial charge in [0.15, 0.2) is 0 Å². The van der Waals surface area contributed by atoms with Crippen molar-refractivity contribution in [2.24, 2.45) is 0 Å². The number of hydrogen-bond acceptors (Lipinski definition) is 0. The van der Waals surface area contributed by atoms with E-state index in [0.29, 0.717) is 0 Å². The average Bonchev–Trinajstić information content (AvgIpc) is 1.78. The molecule has 0 radical (unpaired) electrons. The molecule has 0 amide bonds. The van der Waals surface area contributed by atoms with E-state index in [1.54, 1.807) is 0 Å². The Balaban J connectivity index is 3.28. The fourth-order valence-electron chi connectivity index (χ4n) is 0.746. The van der Waals surface area contributed by atoms with Gasteiger partial charge in [-0.25, -0.2) is 0 Å². The molecule has 0 rings (SSSR count). The Labute approximate surface area is 64.9 Å². The van der Waals surface area contributed by atoms with Crippen molar-refractivity contribution in [2.75, 3.05) is 27.7 Å².